The van der Waals surface area contributed by atoms with E-state index in [2.05, 4.69) is 9.80 Å². The first kappa shape index (κ1) is 22.6. The number of carbonyl (C=O) groups excluding carboxylic acids is 2. The van der Waals surface area contributed by atoms with Crippen LogP contribution in [0.3, 0.4) is 0 Å². The van der Waals surface area contributed by atoms with Crippen molar-refractivity contribution in [3.05, 3.63) is 0 Å². The number of hydrogen-bond donors (Lipinski definition) is 0. The molecule has 0 atom stereocenters. The number of amides is 2. The molecular formula is C24H43N3O2. The SMILES string of the molecule is CC(C)C(=O)N1CCN(CCCCC2CCN(C(=O)C3CCCCC3)CC2)CC1. The lowest BCUT2D eigenvalue weighted by molar-refractivity contribution is -0.138. The number of likely N-dealkylation sites (tertiary alicyclic amines) is 1. The Balaban J connectivity index is 1.24. The molecule has 3 rings (SSSR count). The molecule has 2 heterocycles. The zero-order chi connectivity index (χ0) is 20.6. The van der Waals surface area contributed by atoms with Crippen LogP contribution < -0.4 is 0 Å². The smallest absolute Gasteiger partial charge is 0.225 e. The molecule has 5 nitrogen and oxygen atoms in total. The van der Waals surface area contributed by atoms with E-state index in [-0.39, 0.29) is 5.92 Å². The highest BCUT2D eigenvalue weighted by molar-refractivity contribution is 5.79. The van der Waals surface area contributed by atoms with E-state index in [0.29, 0.717) is 17.7 Å². The third-order valence-electron chi connectivity index (χ3n) is 7.40. The van der Waals surface area contributed by atoms with Crippen LogP contribution in [0.4, 0.5) is 0 Å². The Hall–Kier alpha value is -1.10. The molecule has 3 aliphatic rings. The second kappa shape index (κ2) is 11.3. The summed E-state index contributed by atoms with van der Waals surface area (Å²) in [6, 6.07) is 0. The average molecular weight is 406 g/mol. The van der Waals surface area contributed by atoms with Gasteiger partial charge in [-0.1, -0.05) is 46.0 Å². The van der Waals surface area contributed by atoms with Crippen molar-refractivity contribution in [2.24, 2.45) is 17.8 Å². The van der Waals surface area contributed by atoms with Gasteiger partial charge in [-0.25, -0.2) is 0 Å². The maximum atomic E-state index is 12.7. The molecule has 0 unspecified atom stereocenters. The number of unbranched alkanes of at least 4 members (excludes halogenated alkanes) is 1. The van der Waals surface area contributed by atoms with Gasteiger partial charge in [0.25, 0.3) is 0 Å². The number of rotatable bonds is 7. The molecule has 2 aliphatic heterocycles. The summed E-state index contributed by atoms with van der Waals surface area (Å²) in [5.41, 5.74) is 0. The molecule has 29 heavy (non-hydrogen) atoms. The van der Waals surface area contributed by atoms with Gasteiger partial charge in [-0.05, 0) is 44.6 Å². The molecule has 5 heteroatoms. The lowest BCUT2D eigenvalue weighted by Gasteiger charge is -2.36. The van der Waals surface area contributed by atoms with Crippen LogP contribution in [0.15, 0.2) is 0 Å². The molecular weight excluding hydrogens is 362 g/mol. The van der Waals surface area contributed by atoms with E-state index in [1.807, 2.05) is 18.7 Å². The van der Waals surface area contributed by atoms with Crippen molar-refractivity contribution in [2.75, 3.05) is 45.8 Å². The molecule has 0 radical (unpaired) electrons. The predicted molar refractivity (Wildman–Crippen MR) is 118 cm³/mol. The van der Waals surface area contributed by atoms with E-state index >= 15 is 0 Å². The molecule has 0 N–H and O–H groups in total. The molecule has 0 aromatic heterocycles. The highest BCUT2D eigenvalue weighted by Crippen LogP contribution is 2.28. The van der Waals surface area contributed by atoms with Gasteiger partial charge in [0.2, 0.25) is 11.8 Å². The van der Waals surface area contributed by atoms with Crippen molar-refractivity contribution < 1.29 is 9.59 Å². The van der Waals surface area contributed by atoms with Crippen LogP contribution in [0.5, 0.6) is 0 Å². The van der Waals surface area contributed by atoms with Gasteiger partial charge in [0.05, 0.1) is 0 Å². The third-order valence-corrected chi connectivity index (χ3v) is 7.40. The summed E-state index contributed by atoms with van der Waals surface area (Å²) in [5, 5.41) is 0. The molecule has 3 fully saturated rings. The summed E-state index contributed by atoms with van der Waals surface area (Å²) in [6.07, 6.45) is 12.3. The zero-order valence-corrected chi connectivity index (χ0v) is 18.9. The van der Waals surface area contributed by atoms with Crippen LogP contribution in [-0.2, 0) is 9.59 Å². The van der Waals surface area contributed by atoms with Crippen molar-refractivity contribution >= 4 is 11.8 Å². The largest absolute Gasteiger partial charge is 0.342 e. The topological polar surface area (TPSA) is 43.9 Å². The Morgan fingerprint density at radius 1 is 0.793 bits per heavy atom. The van der Waals surface area contributed by atoms with Crippen LogP contribution in [0.2, 0.25) is 0 Å². The van der Waals surface area contributed by atoms with Crippen LogP contribution in [0.25, 0.3) is 0 Å². The molecule has 166 valence electrons. The minimum Gasteiger partial charge on any atom is -0.342 e. The van der Waals surface area contributed by atoms with Crippen LogP contribution in [0.1, 0.15) is 78.1 Å². The maximum Gasteiger partial charge on any atom is 0.225 e. The first-order valence-electron chi connectivity index (χ1n) is 12.3. The molecule has 1 aliphatic carbocycles. The first-order chi connectivity index (χ1) is 14.0. The van der Waals surface area contributed by atoms with Crippen molar-refractivity contribution in [1.29, 1.82) is 0 Å². The number of hydrogen-bond acceptors (Lipinski definition) is 3. The van der Waals surface area contributed by atoms with Gasteiger partial charge in [-0.2, -0.15) is 0 Å². The highest BCUT2D eigenvalue weighted by Gasteiger charge is 2.29. The van der Waals surface area contributed by atoms with E-state index in [1.54, 1.807) is 0 Å². The van der Waals surface area contributed by atoms with Crippen molar-refractivity contribution in [3.8, 4) is 0 Å². The maximum absolute atomic E-state index is 12.7. The van der Waals surface area contributed by atoms with Crippen LogP contribution in [-0.4, -0.2) is 72.3 Å². The molecule has 0 aromatic rings. The predicted octanol–water partition coefficient (Wildman–Crippen LogP) is 3.78. The number of carbonyl (C=O) groups is 2. The minimum absolute atomic E-state index is 0.117. The Morgan fingerprint density at radius 2 is 1.45 bits per heavy atom. The molecule has 0 bridgehead atoms. The Morgan fingerprint density at radius 3 is 2.07 bits per heavy atom. The Labute approximate surface area is 178 Å². The van der Waals surface area contributed by atoms with Gasteiger partial charge in [-0.3, -0.25) is 14.5 Å². The van der Waals surface area contributed by atoms with Gasteiger partial charge in [0.15, 0.2) is 0 Å². The second-order valence-electron chi connectivity index (χ2n) is 9.92. The fraction of sp³-hybridized carbons (Fsp3) is 0.917. The van der Waals surface area contributed by atoms with Crippen molar-refractivity contribution in [1.82, 2.24) is 14.7 Å². The highest BCUT2D eigenvalue weighted by atomic mass is 16.2. The van der Waals surface area contributed by atoms with Gasteiger partial charge < -0.3 is 9.80 Å². The summed E-state index contributed by atoms with van der Waals surface area (Å²) >= 11 is 0. The number of piperidine rings is 1. The molecule has 1 saturated carbocycles. The lowest BCUT2D eigenvalue weighted by atomic mass is 9.86. The first-order valence-corrected chi connectivity index (χ1v) is 12.3. The summed E-state index contributed by atoms with van der Waals surface area (Å²) in [6.45, 7) is 11.0. The molecule has 2 amide bonds. The summed E-state index contributed by atoms with van der Waals surface area (Å²) in [7, 11) is 0. The van der Waals surface area contributed by atoms with E-state index in [4.69, 9.17) is 0 Å². The van der Waals surface area contributed by atoms with Gasteiger partial charge >= 0.3 is 0 Å². The van der Waals surface area contributed by atoms with Gasteiger partial charge in [0.1, 0.15) is 0 Å². The van der Waals surface area contributed by atoms with Gasteiger partial charge in [0, 0.05) is 51.1 Å². The standard InChI is InChI=1S/C24H43N3O2/c1-20(2)23(28)27-18-16-25(17-19-27)13-7-6-8-21-11-14-26(15-12-21)24(29)22-9-4-3-5-10-22/h20-22H,3-19H2,1-2H3. The normalized spacial score (nSPS) is 23.0. The number of piperazine rings is 1. The lowest BCUT2D eigenvalue weighted by Crippen LogP contribution is -2.49. The van der Waals surface area contributed by atoms with Crippen molar-refractivity contribution in [2.45, 2.75) is 78.1 Å². The zero-order valence-electron chi connectivity index (χ0n) is 18.9. The minimum atomic E-state index is 0.117. The van der Waals surface area contributed by atoms with Crippen LogP contribution in [0, 0.1) is 17.8 Å². The molecule has 0 aromatic carbocycles. The van der Waals surface area contributed by atoms with Crippen molar-refractivity contribution in [3.63, 3.8) is 0 Å². The summed E-state index contributed by atoms with van der Waals surface area (Å²) < 4.78 is 0. The average Bonchev–Trinajstić information content (AvgIpc) is 2.77. The fourth-order valence-corrected chi connectivity index (χ4v) is 5.38. The fourth-order valence-electron chi connectivity index (χ4n) is 5.38. The third kappa shape index (κ3) is 6.70. The summed E-state index contributed by atoms with van der Waals surface area (Å²) in [4.78, 5) is 31.5. The van der Waals surface area contributed by atoms with Crippen LogP contribution >= 0.6 is 0 Å². The van der Waals surface area contributed by atoms with E-state index in [1.165, 1.54) is 57.9 Å². The quantitative estimate of drug-likeness (QED) is 0.606. The number of nitrogens with zero attached hydrogens (tertiary/aromatic N) is 3. The van der Waals surface area contributed by atoms with E-state index < -0.39 is 0 Å². The molecule has 2 saturated heterocycles. The van der Waals surface area contributed by atoms with E-state index in [0.717, 1.165) is 58.0 Å². The monoisotopic (exact) mass is 405 g/mol. The van der Waals surface area contributed by atoms with Gasteiger partial charge in [-0.15, -0.1) is 0 Å². The Kier molecular flexibility index (Phi) is 8.83. The van der Waals surface area contributed by atoms with E-state index in [9.17, 15) is 9.59 Å². The Bertz CT molecular complexity index is 514. The molecule has 0 spiro atoms. The second-order valence-corrected chi connectivity index (χ2v) is 9.92. The summed E-state index contributed by atoms with van der Waals surface area (Å²) in [5.74, 6) is 2.02.